The van der Waals surface area contributed by atoms with Gasteiger partial charge in [0.25, 0.3) is 0 Å². The van der Waals surface area contributed by atoms with Crippen molar-refractivity contribution in [1.29, 1.82) is 0 Å². The van der Waals surface area contributed by atoms with Gasteiger partial charge in [-0.3, -0.25) is 4.79 Å². The molecule has 1 aromatic carbocycles. The lowest BCUT2D eigenvalue weighted by molar-refractivity contribution is 0.112. The van der Waals surface area contributed by atoms with Gasteiger partial charge in [0, 0.05) is 18.7 Å². The van der Waals surface area contributed by atoms with Gasteiger partial charge in [-0.2, -0.15) is 0 Å². The molecule has 0 atom stereocenters. The van der Waals surface area contributed by atoms with Crippen molar-refractivity contribution < 1.29 is 9.18 Å². The minimum absolute atomic E-state index is 0.269. The van der Waals surface area contributed by atoms with Gasteiger partial charge in [0.15, 0.2) is 0 Å². The zero-order chi connectivity index (χ0) is 14.0. The lowest BCUT2D eigenvalue weighted by Gasteiger charge is -2.45. The maximum Gasteiger partial charge on any atom is 0.150 e. The number of anilines is 1. The van der Waals surface area contributed by atoms with Gasteiger partial charge in [-0.15, -0.1) is 0 Å². The molecule has 0 N–H and O–H groups in total. The highest BCUT2D eigenvalue weighted by atomic mass is 19.1. The fraction of sp³-hybridized carbons (Fsp3) is 0.588. The Labute approximate surface area is 120 Å². The van der Waals surface area contributed by atoms with Crippen LogP contribution in [0.15, 0.2) is 18.2 Å². The van der Waals surface area contributed by atoms with E-state index in [4.69, 9.17) is 0 Å². The van der Waals surface area contributed by atoms with Gasteiger partial charge >= 0.3 is 0 Å². The molecule has 2 nitrogen and oxygen atoms in total. The van der Waals surface area contributed by atoms with Gasteiger partial charge in [-0.25, -0.2) is 4.39 Å². The van der Waals surface area contributed by atoms with Crippen LogP contribution >= 0.6 is 0 Å². The van der Waals surface area contributed by atoms with Crippen molar-refractivity contribution in [3.8, 4) is 0 Å². The van der Waals surface area contributed by atoms with Crippen molar-refractivity contribution in [3.05, 3.63) is 29.6 Å². The van der Waals surface area contributed by atoms with E-state index in [0.717, 1.165) is 13.1 Å². The van der Waals surface area contributed by atoms with Gasteiger partial charge < -0.3 is 4.90 Å². The Balaban J connectivity index is 1.70. The lowest BCUT2D eigenvalue weighted by atomic mass is 9.68. The minimum atomic E-state index is -0.269. The van der Waals surface area contributed by atoms with Gasteiger partial charge in [0.2, 0.25) is 0 Å². The van der Waals surface area contributed by atoms with E-state index in [2.05, 4.69) is 4.90 Å². The van der Waals surface area contributed by atoms with Gasteiger partial charge in [-0.1, -0.05) is 19.3 Å². The first-order chi connectivity index (χ1) is 9.72. The molecular weight excluding hydrogens is 253 g/mol. The van der Waals surface area contributed by atoms with Crippen LogP contribution in [0.5, 0.6) is 0 Å². The Morgan fingerprint density at radius 2 is 1.75 bits per heavy atom. The van der Waals surface area contributed by atoms with Crippen LogP contribution in [0.1, 0.15) is 55.3 Å². The van der Waals surface area contributed by atoms with Crippen molar-refractivity contribution >= 4 is 12.0 Å². The number of piperidine rings is 1. The minimum Gasteiger partial charge on any atom is -0.369 e. The molecule has 0 aromatic heterocycles. The van der Waals surface area contributed by atoms with E-state index in [9.17, 15) is 9.18 Å². The molecule has 1 saturated heterocycles. The SMILES string of the molecule is O=Cc1ccc(N2CCC3(CCCCC3)CC2)c(F)c1. The number of aldehydes is 1. The summed E-state index contributed by atoms with van der Waals surface area (Å²) in [6, 6.07) is 4.79. The molecule has 1 spiro atoms. The number of benzene rings is 1. The Bertz CT molecular complexity index is 484. The molecule has 108 valence electrons. The average Bonchev–Trinajstić information content (AvgIpc) is 2.49. The summed E-state index contributed by atoms with van der Waals surface area (Å²) in [6.45, 7) is 1.88. The quantitative estimate of drug-likeness (QED) is 0.754. The van der Waals surface area contributed by atoms with Crippen LogP contribution in [0.25, 0.3) is 0 Å². The number of carbonyl (C=O) groups excluding carboxylic acids is 1. The van der Waals surface area contributed by atoms with E-state index in [1.165, 1.54) is 51.0 Å². The maximum atomic E-state index is 14.1. The summed E-state index contributed by atoms with van der Waals surface area (Å²) in [7, 11) is 0. The normalized spacial score (nSPS) is 21.9. The summed E-state index contributed by atoms with van der Waals surface area (Å²) in [6.07, 6.45) is 9.88. The van der Waals surface area contributed by atoms with Crippen LogP contribution in [-0.4, -0.2) is 19.4 Å². The van der Waals surface area contributed by atoms with Crippen molar-refractivity contribution in [2.45, 2.75) is 44.9 Å². The molecule has 1 heterocycles. The zero-order valence-corrected chi connectivity index (χ0v) is 11.9. The third kappa shape index (κ3) is 2.58. The Morgan fingerprint density at radius 3 is 2.35 bits per heavy atom. The van der Waals surface area contributed by atoms with Crippen LogP contribution in [-0.2, 0) is 0 Å². The smallest absolute Gasteiger partial charge is 0.150 e. The molecule has 1 saturated carbocycles. The third-order valence-electron chi connectivity index (χ3n) is 5.19. The summed E-state index contributed by atoms with van der Waals surface area (Å²) >= 11 is 0. The molecule has 1 aliphatic carbocycles. The van der Waals surface area contributed by atoms with Crippen LogP contribution in [0.4, 0.5) is 10.1 Å². The lowest BCUT2D eigenvalue weighted by Crippen LogP contribution is -2.41. The Hall–Kier alpha value is -1.38. The van der Waals surface area contributed by atoms with Crippen LogP contribution < -0.4 is 4.90 Å². The highest BCUT2D eigenvalue weighted by molar-refractivity contribution is 5.76. The predicted octanol–water partition coefficient (Wildman–Crippen LogP) is 4.19. The number of nitrogens with zero attached hydrogens (tertiary/aromatic N) is 1. The second kappa shape index (κ2) is 5.55. The fourth-order valence-electron chi connectivity index (χ4n) is 3.88. The predicted molar refractivity (Wildman–Crippen MR) is 78.8 cm³/mol. The molecule has 20 heavy (non-hydrogen) atoms. The maximum absolute atomic E-state index is 14.1. The first kappa shape index (κ1) is 13.6. The summed E-state index contributed by atoms with van der Waals surface area (Å²) in [5, 5.41) is 0. The molecule has 1 aromatic rings. The average molecular weight is 275 g/mol. The molecule has 0 radical (unpaired) electrons. The van der Waals surface area contributed by atoms with Crippen LogP contribution in [0.3, 0.4) is 0 Å². The van der Waals surface area contributed by atoms with E-state index in [-0.39, 0.29) is 5.82 Å². The summed E-state index contributed by atoms with van der Waals surface area (Å²) in [5.74, 6) is -0.269. The van der Waals surface area contributed by atoms with Crippen LogP contribution in [0, 0.1) is 11.2 Å². The Morgan fingerprint density at radius 1 is 1.05 bits per heavy atom. The van der Waals surface area contributed by atoms with E-state index in [0.29, 0.717) is 23.0 Å². The second-order valence-corrected chi connectivity index (χ2v) is 6.38. The number of halogens is 1. The van der Waals surface area contributed by atoms with E-state index >= 15 is 0 Å². The Kier molecular flexibility index (Phi) is 3.77. The summed E-state index contributed by atoms with van der Waals surface area (Å²) in [4.78, 5) is 12.8. The van der Waals surface area contributed by atoms with Crippen molar-refractivity contribution in [2.75, 3.05) is 18.0 Å². The van der Waals surface area contributed by atoms with Gasteiger partial charge in [0.05, 0.1) is 5.69 Å². The monoisotopic (exact) mass is 275 g/mol. The molecule has 3 heteroatoms. The number of carbonyl (C=O) groups is 1. The second-order valence-electron chi connectivity index (χ2n) is 6.38. The first-order valence-corrected chi connectivity index (χ1v) is 7.72. The number of hydrogen-bond donors (Lipinski definition) is 0. The summed E-state index contributed by atoms with van der Waals surface area (Å²) in [5.41, 5.74) is 1.60. The van der Waals surface area contributed by atoms with Crippen molar-refractivity contribution in [3.63, 3.8) is 0 Å². The number of hydrogen-bond acceptors (Lipinski definition) is 2. The molecule has 0 bridgehead atoms. The summed E-state index contributed by atoms with van der Waals surface area (Å²) < 4.78 is 14.1. The number of rotatable bonds is 2. The van der Waals surface area contributed by atoms with Crippen LogP contribution in [0.2, 0.25) is 0 Å². The molecular formula is C17H22FNO. The standard InChI is InChI=1S/C17H22FNO/c18-15-12-14(13-20)4-5-16(15)19-10-8-17(9-11-19)6-2-1-3-7-17/h4-5,12-13H,1-3,6-11H2. The largest absolute Gasteiger partial charge is 0.369 e. The molecule has 0 unspecified atom stereocenters. The fourth-order valence-corrected chi connectivity index (χ4v) is 3.88. The van der Waals surface area contributed by atoms with E-state index in [1.807, 2.05) is 0 Å². The highest BCUT2D eigenvalue weighted by Crippen LogP contribution is 2.45. The van der Waals surface area contributed by atoms with E-state index < -0.39 is 0 Å². The van der Waals surface area contributed by atoms with Gasteiger partial charge in [0.1, 0.15) is 12.1 Å². The molecule has 2 aliphatic rings. The first-order valence-electron chi connectivity index (χ1n) is 7.72. The van der Waals surface area contributed by atoms with Crippen molar-refractivity contribution in [2.24, 2.45) is 5.41 Å². The highest BCUT2D eigenvalue weighted by Gasteiger charge is 2.35. The van der Waals surface area contributed by atoms with E-state index in [1.54, 1.807) is 12.1 Å². The topological polar surface area (TPSA) is 20.3 Å². The van der Waals surface area contributed by atoms with Gasteiger partial charge in [-0.05, 0) is 49.3 Å². The van der Waals surface area contributed by atoms with Crippen molar-refractivity contribution in [1.82, 2.24) is 0 Å². The molecule has 2 fully saturated rings. The molecule has 0 amide bonds. The molecule has 3 rings (SSSR count). The molecule has 1 aliphatic heterocycles. The third-order valence-corrected chi connectivity index (χ3v) is 5.19. The zero-order valence-electron chi connectivity index (χ0n) is 11.9.